The number of amides is 1. The molecule has 1 heterocycles. The van der Waals surface area contributed by atoms with Crippen molar-refractivity contribution in [3.8, 4) is 0 Å². The van der Waals surface area contributed by atoms with Crippen LogP contribution in [0.15, 0.2) is 0 Å². The molecule has 0 spiro atoms. The van der Waals surface area contributed by atoms with E-state index in [4.69, 9.17) is 0 Å². The van der Waals surface area contributed by atoms with Gasteiger partial charge in [0.05, 0.1) is 6.04 Å². The van der Waals surface area contributed by atoms with Gasteiger partial charge in [-0.3, -0.25) is 4.79 Å². The van der Waals surface area contributed by atoms with Crippen molar-refractivity contribution in [2.75, 3.05) is 6.54 Å². The third kappa shape index (κ3) is 1.84. The van der Waals surface area contributed by atoms with E-state index in [1.54, 1.807) is 0 Å². The number of nitrogens with one attached hydrogen (secondary N) is 2. The van der Waals surface area contributed by atoms with Gasteiger partial charge in [0.25, 0.3) is 0 Å². The van der Waals surface area contributed by atoms with Crippen LogP contribution in [0.2, 0.25) is 0 Å². The summed E-state index contributed by atoms with van der Waals surface area (Å²) in [5.41, 5.74) is 0.200. The zero-order chi connectivity index (χ0) is 13.3. The smallest absolute Gasteiger partial charge is 0.238 e. The second-order valence-corrected chi connectivity index (χ2v) is 8.47. The first-order valence-electron chi connectivity index (χ1n) is 8.01. The predicted molar refractivity (Wildman–Crippen MR) is 74.6 cm³/mol. The molecule has 4 aliphatic carbocycles. The van der Waals surface area contributed by atoms with Gasteiger partial charge in [0.1, 0.15) is 0 Å². The molecular formula is C16H26N2O. The first-order valence-corrected chi connectivity index (χ1v) is 8.01. The van der Waals surface area contributed by atoms with Crippen LogP contribution in [-0.2, 0) is 4.79 Å². The highest BCUT2D eigenvalue weighted by Gasteiger charge is 2.57. The Labute approximate surface area is 115 Å². The Morgan fingerprint density at radius 1 is 1.00 bits per heavy atom. The van der Waals surface area contributed by atoms with E-state index in [1.807, 2.05) is 0 Å². The van der Waals surface area contributed by atoms with E-state index in [0.29, 0.717) is 0 Å². The lowest BCUT2D eigenvalue weighted by Gasteiger charge is -2.60. The average Bonchev–Trinajstić information content (AvgIpc) is 2.24. The van der Waals surface area contributed by atoms with Crippen molar-refractivity contribution in [3.63, 3.8) is 0 Å². The van der Waals surface area contributed by atoms with Crippen molar-refractivity contribution in [3.05, 3.63) is 0 Å². The molecule has 5 fully saturated rings. The summed E-state index contributed by atoms with van der Waals surface area (Å²) < 4.78 is 0. The molecule has 1 atom stereocenters. The Bertz CT molecular complexity index is 380. The summed E-state index contributed by atoms with van der Waals surface area (Å²) in [6.45, 7) is 5.12. The van der Waals surface area contributed by atoms with Crippen LogP contribution in [0.25, 0.3) is 0 Å². The minimum absolute atomic E-state index is 0.0777. The van der Waals surface area contributed by atoms with Crippen LogP contribution >= 0.6 is 0 Å². The van der Waals surface area contributed by atoms with E-state index in [1.165, 1.54) is 38.5 Å². The van der Waals surface area contributed by atoms with Gasteiger partial charge in [-0.2, -0.15) is 0 Å². The lowest BCUT2D eigenvalue weighted by Crippen LogP contribution is -2.69. The second-order valence-electron chi connectivity index (χ2n) is 8.47. The Morgan fingerprint density at radius 2 is 1.53 bits per heavy atom. The van der Waals surface area contributed by atoms with E-state index in [-0.39, 0.29) is 22.9 Å². The first kappa shape index (κ1) is 12.2. The Hall–Kier alpha value is -0.570. The predicted octanol–water partition coefficient (Wildman–Crippen LogP) is 2.07. The van der Waals surface area contributed by atoms with Gasteiger partial charge in [-0.25, -0.2) is 0 Å². The van der Waals surface area contributed by atoms with Crippen molar-refractivity contribution in [2.45, 2.75) is 64.0 Å². The number of hydrogen-bond acceptors (Lipinski definition) is 2. The van der Waals surface area contributed by atoms with Crippen LogP contribution < -0.4 is 10.6 Å². The molecule has 19 heavy (non-hydrogen) atoms. The minimum atomic E-state index is -0.0874. The highest BCUT2D eigenvalue weighted by atomic mass is 16.2. The minimum Gasteiger partial charge on any atom is -0.349 e. The van der Waals surface area contributed by atoms with Crippen LogP contribution in [0.5, 0.6) is 0 Å². The van der Waals surface area contributed by atoms with Crippen molar-refractivity contribution in [1.29, 1.82) is 0 Å². The largest absolute Gasteiger partial charge is 0.349 e. The van der Waals surface area contributed by atoms with Crippen LogP contribution in [0, 0.1) is 23.2 Å². The number of hydrogen-bond donors (Lipinski definition) is 2. The van der Waals surface area contributed by atoms with Gasteiger partial charge in [-0.15, -0.1) is 0 Å². The molecule has 106 valence electrons. The van der Waals surface area contributed by atoms with E-state index in [9.17, 15) is 4.79 Å². The molecule has 1 unspecified atom stereocenters. The third-order valence-electron chi connectivity index (χ3n) is 6.17. The summed E-state index contributed by atoms with van der Waals surface area (Å²) in [5, 5.41) is 6.83. The van der Waals surface area contributed by atoms with Gasteiger partial charge in [0.2, 0.25) is 5.91 Å². The van der Waals surface area contributed by atoms with Gasteiger partial charge in [0.15, 0.2) is 0 Å². The molecule has 1 aliphatic heterocycles. The molecule has 3 nitrogen and oxygen atoms in total. The number of piperazine rings is 1. The Balaban J connectivity index is 1.60. The molecule has 5 rings (SSSR count). The quantitative estimate of drug-likeness (QED) is 0.759. The van der Waals surface area contributed by atoms with Gasteiger partial charge in [0, 0.05) is 12.1 Å². The molecule has 4 bridgehead atoms. The lowest BCUT2D eigenvalue weighted by atomic mass is 9.47. The highest BCUT2D eigenvalue weighted by Crippen LogP contribution is 2.61. The van der Waals surface area contributed by atoms with Gasteiger partial charge in [-0.1, -0.05) is 0 Å². The van der Waals surface area contributed by atoms with Crippen LogP contribution in [0.1, 0.15) is 52.4 Å². The monoisotopic (exact) mass is 262 g/mol. The third-order valence-corrected chi connectivity index (χ3v) is 6.17. The summed E-state index contributed by atoms with van der Waals surface area (Å²) in [7, 11) is 0. The normalized spacial score (nSPS) is 51.2. The van der Waals surface area contributed by atoms with Gasteiger partial charge in [-0.05, 0) is 75.5 Å². The number of carbonyl (C=O) groups is 1. The molecule has 0 aromatic heterocycles. The molecule has 4 saturated carbocycles. The van der Waals surface area contributed by atoms with Gasteiger partial charge < -0.3 is 10.6 Å². The average molecular weight is 262 g/mol. The maximum atomic E-state index is 12.6. The summed E-state index contributed by atoms with van der Waals surface area (Å²) in [6.07, 6.45) is 8.22. The molecule has 0 aromatic carbocycles. The molecule has 1 saturated heterocycles. The molecule has 3 heteroatoms. The molecule has 1 amide bonds. The van der Waals surface area contributed by atoms with Crippen molar-refractivity contribution < 1.29 is 4.79 Å². The topological polar surface area (TPSA) is 41.1 Å². The van der Waals surface area contributed by atoms with Crippen LogP contribution in [0.3, 0.4) is 0 Å². The van der Waals surface area contributed by atoms with Crippen molar-refractivity contribution in [1.82, 2.24) is 10.6 Å². The molecule has 0 radical (unpaired) electrons. The van der Waals surface area contributed by atoms with Crippen LogP contribution in [0.4, 0.5) is 0 Å². The fourth-order valence-electron chi connectivity index (χ4n) is 5.93. The maximum absolute atomic E-state index is 12.6. The summed E-state index contributed by atoms with van der Waals surface area (Å²) in [6, 6.07) is 0.0777. The number of carbonyl (C=O) groups excluding carboxylic acids is 1. The van der Waals surface area contributed by atoms with Crippen molar-refractivity contribution >= 4 is 5.91 Å². The van der Waals surface area contributed by atoms with Crippen molar-refractivity contribution in [2.24, 2.45) is 23.2 Å². The fraction of sp³-hybridized carbons (Fsp3) is 0.938. The van der Waals surface area contributed by atoms with Gasteiger partial charge >= 0.3 is 0 Å². The molecule has 5 aliphatic rings. The molecule has 0 aromatic rings. The highest BCUT2D eigenvalue weighted by molar-refractivity contribution is 5.84. The summed E-state index contributed by atoms with van der Waals surface area (Å²) in [5.74, 6) is 3.00. The first-order chi connectivity index (χ1) is 8.96. The fourth-order valence-corrected chi connectivity index (χ4v) is 5.93. The standard InChI is InChI=1S/C16H26N2O/c1-15(2)9-17-13(14(19)18-15)16-6-10-3-11(7-16)5-12(4-10)8-16/h10-13,17H,3-9H2,1-2H3,(H,18,19). The van der Waals surface area contributed by atoms with E-state index < -0.39 is 0 Å². The summed E-state index contributed by atoms with van der Waals surface area (Å²) >= 11 is 0. The van der Waals surface area contributed by atoms with E-state index in [2.05, 4.69) is 24.5 Å². The SMILES string of the molecule is CC1(C)CNC(C23CC4CC(CC(C4)C2)C3)C(=O)N1. The zero-order valence-electron chi connectivity index (χ0n) is 12.2. The summed E-state index contributed by atoms with van der Waals surface area (Å²) in [4.78, 5) is 12.6. The van der Waals surface area contributed by atoms with E-state index in [0.717, 1.165) is 24.3 Å². The van der Waals surface area contributed by atoms with Crippen LogP contribution in [-0.4, -0.2) is 24.0 Å². The Kier molecular flexibility index (Phi) is 2.41. The molecule has 2 N–H and O–H groups in total. The van der Waals surface area contributed by atoms with E-state index >= 15 is 0 Å². The Morgan fingerprint density at radius 3 is 2.00 bits per heavy atom. The second kappa shape index (κ2) is 3.75. The molecular weight excluding hydrogens is 236 g/mol. The number of rotatable bonds is 1. The lowest BCUT2D eigenvalue weighted by molar-refractivity contribution is -0.140. The maximum Gasteiger partial charge on any atom is 0.238 e. The zero-order valence-corrected chi connectivity index (χ0v) is 12.2.